The Bertz CT molecular complexity index is 1440. The highest BCUT2D eigenvalue weighted by atomic mass is 35.5. The first-order chi connectivity index (χ1) is 17.9. The molecule has 0 saturated carbocycles. The number of aryl methyl sites for hydroxylation is 1. The van der Waals surface area contributed by atoms with Crippen molar-refractivity contribution < 1.29 is 14.3 Å². The lowest BCUT2D eigenvalue weighted by Crippen LogP contribution is -1.99. The molecule has 0 fully saturated rings. The van der Waals surface area contributed by atoms with Crippen LogP contribution in [0.2, 0.25) is 10.0 Å². The molecule has 2 heterocycles. The summed E-state index contributed by atoms with van der Waals surface area (Å²) in [5.41, 5.74) is 5.80. The van der Waals surface area contributed by atoms with Gasteiger partial charge in [-0.05, 0) is 43.0 Å². The monoisotopic (exact) mass is 534 g/mol. The molecule has 190 valence electrons. The smallest absolute Gasteiger partial charge is 0.216 e. The minimum Gasteiger partial charge on any atom is -0.496 e. The molecule has 0 aliphatic rings. The molecule has 0 unspecified atom stereocenters. The van der Waals surface area contributed by atoms with Gasteiger partial charge in [0, 0.05) is 34.0 Å². The van der Waals surface area contributed by atoms with Gasteiger partial charge >= 0.3 is 0 Å². The average molecular weight is 535 g/mol. The van der Waals surface area contributed by atoms with Crippen molar-refractivity contribution in [2.45, 2.75) is 26.7 Å². The van der Waals surface area contributed by atoms with Crippen molar-refractivity contribution in [1.82, 2.24) is 9.97 Å². The van der Waals surface area contributed by atoms with Crippen LogP contribution in [0.4, 0.5) is 0 Å². The summed E-state index contributed by atoms with van der Waals surface area (Å²) in [5, 5.41) is 0.969. The standard InChI is InChI=1S/C30H28Cl2N2O3/c1-18(2)8-9-19-12-13-25(34-30(19)37-4)24-7-5-6-22(27(24)31)23-14-15-33-29(28(23)32)20-10-11-21(17-35)26(16-20)36-3/h5-7,10-18H,8-9H2,1-4H3. The summed E-state index contributed by atoms with van der Waals surface area (Å²) < 4.78 is 10.9. The Kier molecular flexibility index (Phi) is 8.47. The Morgan fingerprint density at radius 1 is 0.919 bits per heavy atom. The van der Waals surface area contributed by atoms with Crippen molar-refractivity contribution in [3.8, 4) is 45.3 Å². The number of ether oxygens (including phenoxy) is 2. The number of aromatic nitrogens is 2. The normalized spacial score (nSPS) is 11.0. The Morgan fingerprint density at radius 2 is 1.68 bits per heavy atom. The largest absolute Gasteiger partial charge is 0.496 e. The number of pyridine rings is 2. The van der Waals surface area contributed by atoms with Crippen LogP contribution in [0.5, 0.6) is 11.6 Å². The predicted molar refractivity (Wildman–Crippen MR) is 150 cm³/mol. The third-order valence-corrected chi connectivity index (χ3v) is 7.00. The van der Waals surface area contributed by atoms with Gasteiger partial charge in [-0.2, -0.15) is 0 Å². The number of benzene rings is 2. The second kappa shape index (κ2) is 11.8. The molecule has 0 aliphatic heterocycles. The molecule has 0 bridgehead atoms. The average Bonchev–Trinajstić information content (AvgIpc) is 2.92. The van der Waals surface area contributed by atoms with E-state index in [-0.39, 0.29) is 0 Å². The minimum absolute atomic E-state index is 0.442. The van der Waals surface area contributed by atoms with Crippen LogP contribution in [0.3, 0.4) is 0 Å². The van der Waals surface area contributed by atoms with Crippen LogP contribution >= 0.6 is 23.2 Å². The lowest BCUT2D eigenvalue weighted by atomic mass is 9.98. The molecule has 4 rings (SSSR count). The summed E-state index contributed by atoms with van der Waals surface area (Å²) in [6, 6.07) is 16.9. The van der Waals surface area contributed by atoms with Gasteiger partial charge in [0.25, 0.3) is 0 Å². The quantitative estimate of drug-likeness (QED) is 0.202. The second-order valence-electron chi connectivity index (χ2n) is 9.06. The molecule has 7 heteroatoms. The topological polar surface area (TPSA) is 61.3 Å². The number of aldehydes is 1. The molecular formula is C30H28Cl2N2O3. The third kappa shape index (κ3) is 5.63. The van der Waals surface area contributed by atoms with Crippen LogP contribution in [0.25, 0.3) is 33.6 Å². The van der Waals surface area contributed by atoms with E-state index >= 15 is 0 Å². The van der Waals surface area contributed by atoms with E-state index in [4.69, 9.17) is 37.7 Å². The summed E-state index contributed by atoms with van der Waals surface area (Å²) in [6.45, 7) is 4.40. The predicted octanol–water partition coefficient (Wildman–Crippen LogP) is 8.20. The van der Waals surface area contributed by atoms with Gasteiger partial charge in [-0.25, -0.2) is 4.98 Å². The molecule has 37 heavy (non-hydrogen) atoms. The number of halogens is 2. The molecule has 0 spiro atoms. The van der Waals surface area contributed by atoms with Gasteiger partial charge in [-0.3, -0.25) is 9.78 Å². The van der Waals surface area contributed by atoms with Crippen molar-refractivity contribution >= 4 is 29.5 Å². The van der Waals surface area contributed by atoms with Crippen LogP contribution < -0.4 is 9.47 Å². The first kappa shape index (κ1) is 26.6. The van der Waals surface area contributed by atoms with E-state index in [9.17, 15) is 4.79 Å². The van der Waals surface area contributed by atoms with Crippen LogP contribution in [-0.2, 0) is 6.42 Å². The first-order valence-corrected chi connectivity index (χ1v) is 12.7. The zero-order valence-electron chi connectivity index (χ0n) is 21.2. The number of hydrogen-bond acceptors (Lipinski definition) is 5. The van der Waals surface area contributed by atoms with Gasteiger partial charge in [0.05, 0.1) is 41.2 Å². The van der Waals surface area contributed by atoms with Crippen LogP contribution in [-0.4, -0.2) is 30.5 Å². The Balaban J connectivity index is 1.76. The molecule has 0 saturated heterocycles. The van der Waals surface area contributed by atoms with E-state index in [1.807, 2.05) is 30.3 Å². The van der Waals surface area contributed by atoms with Crippen molar-refractivity contribution in [2.75, 3.05) is 14.2 Å². The highest BCUT2D eigenvalue weighted by Gasteiger charge is 2.18. The Morgan fingerprint density at radius 3 is 2.38 bits per heavy atom. The molecule has 5 nitrogen and oxygen atoms in total. The number of carbonyl (C=O) groups excluding carboxylic acids is 1. The van der Waals surface area contributed by atoms with Crippen LogP contribution in [0.1, 0.15) is 36.2 Å². The van der Waals surface area contributed by atoms with Gasteiger partial charge < -0.3 is 9.47 Å². The fourth-order valence-corrected chi connectivity index (χ4v) is 4.82. The summed E-state index contributed by atoms with van der Waals surface area (Å²) in [6.07, 6.45) is 4.39. The molecular weight excluding hydrogens is 507 g/mol. The van der Waals surface area contributed by atoms with E-state index < -0.39 is 0 Å². The molecule has 0 amide bonds. The lowest BCUT2D eigenvalue weighted by Gasteiger charge is -2.15. The number of hydrogen-bond donors (Lipinski definition) is 0. The van der Waals surface area contributed by atoms with Crippen molar-refractivity contribution in [3.63, 3.8) is 0 Å². The van der Waals surface area contributed by atoms with E-state index in [0.29, 0.717) is 38.9 Å². The van der Waals surface area contributed by atoms with E-state index in [0.717, 1.165) is 52.6 Å². The highest BCUT2D eigenvalue weighted by molar-refractivity contribution is 6.39. The molecule has 0 atom stereocenters. The number of nitrogens with zero attached hydrogens (tertiary/aromatic N) is 2. The third-order valence-electron chi connectivity index (χ3n) is 6.21. The van der Waals surface area contributed by atoms with Crippen LogP contribution in [0, 0.1) is 5.92 Å². The molecule has 2 aromatic carbocycles. The van der Waals surface area contributed by atoms with Gasteiger partial charge in [-0.15, -0.1) is 0 Å². The van der Waals surface area contributed by atoms with Gasteiger partial charge in [0.1, 0.15) is 5.75 Å². The van der Waals surface area contributed by atoms with Gasteiger partial charge in [-0.1, -0.05) is 67.4 Å². The SMILES string of the molecule is COc1cc(-c2nccc(-c3cccc(-c4ccc(CCC(C)C)c(OC)n4)c3Cl)c2Cl)ccc1C=O. The molecule has 0 radical (unpaired) electrons. The fraction of sp³-hybridized carbons (Fsp3) is 0.233. The summed E-state index contributed by atoms with van der Waals surface area (Å²) in [7, 11) is 3.15. The number of methoxy groups -OCH3 is 2. The zero-order chi connectivity index (χ0) is 26.5. The van der Waals surface area contributed by atoms with Crippen molar-refractivity contribution in [2.24, 2.45) is 5.92 Å². The summed E-state index contributed by atoms with van der Waals surface area (Å²) >= 11 is 13.8. The maximum atomic E-state index is 11.3. The number of rotatable bonds is 9. The molecule has 0 N–H and O–H groups in total. The Labute approximate surface area is 227 Å². The summed E-state index contributed by atoms with van der Waals surface area (Å²) in [4.78, 5) is 20.5. The van der Waals surface area contributed by atoms with Gasteiger partial charge in [0.2, 0.25) is 5.88 Å². The summed E-state index contributed by atoms with van der Waals surface area (Å²) in [5.74, 6) is 1.65. The zero-order valence-corrected chi connectivity index (χ0v) is 22.7. The highest BCUT2D eigenvalue weighted by Crippen LogP contribution is 2.42. The maximum absolute atomic E-state index is 11.3. The van der Waals surface area contributed by atoms with Crippen LogP contribution in [0.15, 0.2) is 60.8 Å². The fourth-order valence-electron chi connectivity index (χ4n) is 4.18. The molecule has 0 aliphatic carbocycles. The Hall–Kier alpha value is -3.41. The van der Waals surface area contributed by atoms with E-state index in [2.05, 4.69) is 24.9 Å². The van der Waals surface area contributed by atoms with Crippen molar-refractivity contribution in [3.05, 3.63) is 82.0 Å². The van der Waals surface area contributed by atoms with Crippen molar-refractivity contribution in [1.29, 1.82) is 0 Å². The second-order valence-corrected chi connectivity index (χ2v) is 9.82. The first-order valence-electron chi connectivity index (χ1n) is 12.0. The maximum Gasteiger partial charge on any atom is 0.216 e. The lowest BCUT2D eigenvalue weighted by molar-refractivity contribution is 0.112. The number of carbonyl (C=O) groups is 1. The van der Waals surface area contributed by atoms with Gasteiger partial charge in [0.15, 0.2) is 6.29 Å². The molecule has 2 aromatic heterocycles. The van der Waals surface area contributed by atoms with E-state index in [1.54, 1.807) is 31.5 Å². The minimum atomic E-state index is 0.442. The van der Waals surface area contributed by atoms with E-state index in [1.165, 1.54) is 7.11 Å². The molecule has 4 aromatic rings.